The van der Waals surface area contributed by atoms with Crippen molar-refractivity contribution in [1.29, 1.82) is 0 Å². The Balaban J connectivity index is 2.01. The van der Waals surface area contributed by atoms with Gasteiger partial charge >= 0.3 is 5.97 Å². The highest BCUT2D eigenvalue weighted by Crippen LogP contribution is 2.18. The monoisotopic (exact) mass is 391 g/mol. The minimum absolute atomic E-state index is 0.195. The first-order valence-electron chi connectivity index (χ1n) is 7.52. The lowest BCUT2D eigenvalue weighted by Gasteiger charge is -2.09. The highest BCUT2D eigenvalue weighted by Gasteiger charge is 2.12. The number of nitrogens with one attached hydrogen (secondary N) is 1. The van der Waals surface area contributed by atoms with E-state index >= 15 is 0 Å². The molecule has 5 nitrogen and oxygen atoms in total. The molecule has 0 fully saturated rings. The summed E-state index contributed by atoms with van der Waals surface area (Å²) in [5.41, 5.74) is 1.41. The summed E-state index contributed by atoms with van der Waals surface area (Å²) >= 11 is 3.34. The molecule has 126 valence electrons. The molecule has 0 spiro atoms. The predicted octanol–water partition coefficient (Wildman–Crippen LogP) is 3.89. The SMILES string of the molecule is CCOCCOC(=O)c1cccc(NC(=O)c2ccccc2Br)c1. The zero-order valence-corrected chi connectivity index (χ0v) is 14.8. The molecule has 0 heterocycles. The Morgan fingerprint density at radius 2 is 1.88 bits per heavy atom. The van der Waals surface area contributed by atoms with Crippen molar-refractivity contribution in [2.24, 2.45) is 0 Å². The van der Waals surface area contributed by atoms with E-state index < -0.39 is 5.97 Å². The molecule has 1 amide bonds. The van der Waals surface area contributed by atoms with Crippen molar-refractivity contribution in [3.8, 4) is 0 Å². The lowest BCUT2D eigenvalue weighted by molar-refractivity contribution is 0.0335. The molecule has 0 aliphatic carbocycles. The topological polar surface area (TPSA) is 64.6 Å². The van der Waals surface area contributed by atoms with Crippen LogP contribution in [0.5, 0.6) is 0 Å². The van der Waals surface area contributed by atoms with Crippen LogP contribution in [-0.4, -0.2) is 31.7 Å². The Bertz CT molecular complexity index is 718. The van der Waals surface area contributed by atoms with Gasteiger partial charge in [0.2, 0.25) is 0 Å². The van der Waals surface area contributed by atoms with Crippen LogP contribution in [0.2, 0.25) is 0 Å². The van der Waals surface area contributed by atoms with Crippen molar-refractivity contribution in [1.82, 2.24) is 0 Å². The standard InChI is InChI=1S/C18H18BrNO4/c1-2-23-10-11-24-18(22)13-6-5-7-14(12-13)20-17(21)15-8-3-4-9-16(15)19/h3-9,12H,2,10-11H2,1H3,(H,20,21). The van der Waals surface area contributed by atoms with Gasteiger partial charge < -0.3 is 14.8 Å². The molecule has 0 aromatic heterocycles. The van der Waals surface area contributed by atoms with Crippen molar-refractivity contribution in [2.45, 2.75) is 6.92 Å². The first-order chi connectivity index (χ1) is 11.6. The third-order valence-electron chi connectivity index (χ3n) is 3.14. The van der Waals surface area contributed by atoms with Crippen LogP contribution in [0, 0.1) is 0 Å². The summed E-state index contributed by atoms with van der Waals surface area (Å²) in [7, 11) is 0. The van der Waals surface area contributed by atoms with E-state index in [4.69, 9.17) is 9.47 Å². The van der Waals surface area contributed by atoms with Crippen LogP contribution in [0.25, 0.3) is 0 Å². The number of anilines is 1. The first kappa shape index (κ1) is 18.2. The third-order valence-corrected chi connectivity index (χ3v) is 3.83. The summed E-state index contributed by atoms with van der Waals surface area (Å²) in [6, 6.07) is 13.7. The summed E-state index contributed by atoms with van der Waals surface area (Å²) in [4.78, 5) is 24.3. The average molecular weight is 392 g/mol. The van der Waals surface area contributed by atoms with E-state index in [1.807, 2.05) is 13.0 Å². The van der Waals surface area contributed by atoms with E-state index in [1.54, 1.807) is 42.5 Å². The molecular weight excluding hydrogens is 374 g/mol. The zero-order chi connectivity index (χ0) is 17.4. The minimum Gasteiger partial charge on any atom is -0.460 e. The maximum atomic E-state index is 12.3. The van der Waals surface area contributed by atoms with Crippen LogP contribution < -0.4 is 5.32 Å². The second-order valence-electron chi connectivity index (χ2n) is 4.85. The van der Waals surface area contributed by atoms with E-state index in [2.05, 4.69) is 21.2 Å². The number of benzene rings is 2. The average Bonchev–Trinajstić information content (AvgIpc) is 2.59. The molecule has 2 aromatic rings. The van der Waals surface area contributed by atoms with E-state index in [0.29, 0.717) is 34.5 Å². The number of rotatable bonds is 7. The molecule has 0 saturated carbocycles. The fourth-order valence-electron chi connectivity index (χ4n) is 1.99. The smallest absolute Gasteiger partial charge is 0.338 e. The van der Waals surface area contributed by atoms with Crippen molar-refractivity contribution in [2.75, 3.05) is 25.1 Å². The summed E-state index contributed by atoms with van der Waals surface area (Å²) in [6.45, 7) is 3.01. The number of hydrogen-bond donors (Lipinski definition) is 1. The molecule has 2 rings (SSSR count). The van der Waals surface area contributed by atoms with Crippen molar-refractivity contribution in [3.05, 3.63) is 64.1 Å². The fourth-order valence-corrected chi connectivity index (χ4v) is 2.45. The van der Waals surface area contributed by atoms with Crippen molar-refractivity contribution >= 4 is 33.5 Å². The first-order valence-corrected chi connectivity index (χ1v) is 8.32. The summed E-state index contributed by atoms with van der Waals surface area (Å²) < 4.78 is 10.9. The van der Waals surface area contributed by atoms with Gasteiger partial charge in [-0.05, 0) is 53.2 Å². The Kier molecular flexibility index (Phi) is 6.96. The maximum absolute atomic E-state index is 12.3. The lowest BCUT2D eigenvalue weighted by atomic mass is 10.1. The van der Waals surface area contributed by atoms with Gasteiger partial charge in [-0.15, -0.1) is 0 Å². The van der Waals surface area contributed by atoms with Crippen LogP contribution in [0.4, 0.5) is 5.69 Å². The number of amides is 1. The highest BCUT2D eigenvalue weighted by atomic mass is 79.9. The Labute approximate surface area is 149 Å². The van der Waals surface area contributed by atoms with Gasteiger partial charge in [-0.2, -0.15) is 0 Å². The lowest BCUT2D eigenvalue weighted by Crippen LogP contribution is -2.14. The number of ether oxygens (including phenoxy) is 2. The van der Waals surface area contributed by atoms with Gasteiger partial charge in [-0.1, -0.05) is 18.2 Å². The van der Waals surface area contributed by atoms with Crippen LogP contribution in [0.1, 0.15) is 27.6 Å². The van der Waals surface area contributed by atoms with Crippen LogP contribution in [0.3, 0.4) is 0 Å². The van der Waals surface area contributed by atoms with E-state index in [0.717, 1.165) is 0 Å². The predicted molar refractivity (Wildman–Crippen MR) is 95.3 cm³/mol. The van der Waals surface area contributed by atoms with Gasteiger partial charge in [0.05, 0.1) is 17.7 Å². The molecular formula is C18H18BrNO4. The summed E-state index contributed by atoms with van der Waals surface area (Å²) in [5.74, 6) is -0.712. The number of hydrogen-bond acceptors (Lipinski definition) is 4. The second-order valence-corrected chi connectivity index (χ2v) is 5.70. The van der Waals surface area contributed by atoms with E-state index in [-0.39, 0.29) is 12.5 Å². The van der Waals surface area contributed by atoms with Crippen LogP contribution >= 0.6 is 15.9 Å². The number of carbonyl (C=O) groups is 2. The molecule has 0 aliphatic rings. The molecule has 6 heteroatoms. The van der Waals surface area contributed by atoms with Gasteiger partial charge in [0.1, 0.15) is 6.61 Å². The van der Waals surface area contributed by atoms with Gasteiger partial charge in [0.25, 0.3) is 5.91 Å². The third kappa shape index (κ3) is 5.18. The quantitative estimate of drug-likeness (QED) is 0.574. The van der Waals surface area contributed by atoms with Gasteiger partial charge in [-0.3, -0.25) is 4.79 Å². The molecule has 24 heavy (non-hydrogen) atoms. The number of esters is 1. The number of halogens is 1. The molecule has 0 aliphatic heterocycles. The molecule has 0 bridgehead atoms. The maximum Gasteiger partial charge on any atom is 0.338 e. The van der Waals surface area contributed by atoms with Crippen molar-refractivity contribution < 1.29 is 19.1 Å². The molecule has 0 unspecified atom stereocenters. The summed E-state index contributed by atoms with van der Waals surface area (Å²) in [6.07, 6.45) is 0. The molecule has 2 aromatic carbocycles. The minimum atomic E-state index is -0.452. The fraction of sp³-hybridized carbons (Fsp3) is 0.222. The van der Waals surface area contributed by atoms with Crippen LogP contribution in [-0.2, 0) is 9.47 Å². The highest BCUT2D eigenvalue weighted by molar-refractivity contribution is 9.10. The Hall–Kier alpha value is -2.18. The van der Waals surface area contributed by atoms with Gasteiger partial charge in [0, 0.05) is 16.8 Å². The van der Waals surface area contributed by atoms with Gasteiger partial charge in [-0.25, -0.2) is 4.79 Å². The molecule has 1 N–H and O–H groups in total. The largest absolute Gasteiger partial charge is 0.460 e. The molecule has 0 saturated heterocycles. The summed E-state index contributed by atoms with van der Waals surface area (Å²) in [5, 5.41) is 2.77. The molecule has 0 radical (unpaired) electrons. The van der Waals surface area contributed by atoms with E-state index in [1.165, 1.54) is 0 Å². The van der Waals surface area contributed by atoms with Crippen molar-refractivity contribution in [3.63, 3.8) is 0 Å². The Morgan fingerprint density at radius 3 is 2.62 bits per heavy atom. The second kappa shape index (κ2) is 9.20. The zero-order valence-electron chi connectivity index (χ0n) is 13.3. The Morgan fingerprint density at radius 1 is 1.08 bits per heavy atom. The van der Waals surface area contributed by atoms with E-state index in [9.17, 15) is 9.59 Å². The molecule has 0 atom stereocenters. The normalized spacial score (nSPS) is 10.2. The van der Waals surface area contributed by atoms with Gasteiger partial charge in [0.15, 0.2) is 0 Å². The number of carbonyl (C=O) groups excluding carboxylic acids is 2. The van der Waals surface area contributed by atoms with Crippen LogP contribution in [0.15, 0.2) is 53.0 Å².